The molecule has 8 heteroatoms. The van der Waals surface area contributed by atoms with Gasteiger partial charge in [0, 0.05) is 32.4 Å². The summed E-state index contributed by atoms with van der Waals surface area (Å²) in [4.78, 5) is 19.4. The Bertz CT molecular complexity index is 942. The lowest BCUT2D eigenvalue weighted by Gasteiger charge is -2.30. The summed E-state index contributed by atoms with van der Waals surface area (Å²) in [5, 5.41) is 0. The van der Waals surface area contributed by atoms with Crippen molar-refractivity contribution in [3.8, 4) is 0 Å². The van der Waals surface area contributed by atoms with Gasteiger partial charge in [-0.15, -0.1) is 0 Å². The molecular weight excluding hydrogens is 376 g/mol. The molecule has 2 N–H and O–H groups in total. The highest BCUT2D eigenvalue weighted by Crippen LogP contribution is 2.30. The van der Waals surface area contributed by atoms with Crippen molar-refractivity contribution < 1.29 is 13.2 Å². The second-order valence-corrected chi connectivity index (χ2v) is 9.10. The summed E-state index contributed by atoms with van der Waals surface area (Å²) >= 11 is 0. The summed E-state index contributed by atoms with van der Waals surface area (Å²) in [5.41, 5.74) is 1.78. The first-order valence-electron chi connectivity index (χ1n) is 9.89. The van der Waals surface area contributed by atoms with Gasteiger partial charge in [-0.05, 0) is 50.3 Å². The van der Waals surface area contributed by atoms with Crippen molar-refractivity contribution in [3.05, 3.63) is 42.2 Å². The van der Waals surface area contributed by atoms with Crippen LogP contribution in [0.2, 0.25) is 0 Å². The van der Waals surface area contributed by atoms with E-state index in [9.17, 15) is 13.2 Å². The van der Waals surface area contributed by atoms with Gasteiger partial charge in [0.25, 0.3) is 15.9 Å². The Labute approximate surface area is 165 Å². The molecule has 2 aliphatic heterocycles. The van der Waals surface area contributed by atoms with E-state index in [1.807, 2.05) is 18.2 Å². The van der Waals surface area contributed by atoms with Crippen LogP contribution in [0.25, 0.3) is 0 Å². The smallest absolute Gasteiger partial charge is 0.270 e. The van der Waals surface area contributed by atoms with Crippen molar-refractivity contribution in [1.29, 1.82) is 0 Å². The molecule has 0 unspecified atom stereocenters. The second kappa shape index (κ2) is 7.87. The minimum Gasteiger partial charge on any atom is -0.370 e. The number of carbonyl (C=O) groups excluding carboxylic acids is 1. The fourth-order valence-electron chi connectivity index (χ4n) is 3.92. The van der Waals surface area contributed by atoms with E-state index in [-0.39, 0.29) is 10.8 Å². The normalized spacial score (nSPS) is 17.7. The zero-order valence-electron chi connectivity index (χ0n) is 15.9. The number of hydrogen-bond acceptors (Lipinski definition) is 4. The van der Waals surface area contributed by atoms with Crippen LogP contribution < -0.4 is 9.62 Å². The van der Waals surface area contributed by atoms with Crippen molar-refractivity contribution in [2.75, 3.05) is 35.8 Å². The first kappa shape index (κ1) is 18.9. The van der Waals surface area contributed by atoms with E-state index in [2.05, 4.69) is 14.6 Å². The Morgan fingerprint density at radius 2 is 1.64 bits per heavy atom. The van der Waals surface area contributed by atoms with E-state index < -0.39 is 10.0 Å². The highest BCUT2D eigenvalue weighted by molar-refractivity contribution is 7.92. The molecule has 0 atom stereocenters. The molecule has 1 amide bonds. The van der Waals surface area contributed by atoms with Crippen LogP contribution in [0.1, 0.15) is 42.6 Å². The number of H-pyrrole nitrogens is 1. The van der Waals surface area contributed by atoms with Gasteiger partial charge in [0.05, 0.1) is 11.4 Å². The monoisotopic (exact) mass is 402 g/mol. The van der Waals surface area contributed by atoms with Crippen LogP contribution >= 0.6 is 0 Å². The number of piperidine rings is 1. The first-order valence-corrected chi connectivity index (χ1v) is 11.4. The number of aromatic nitrogens is 1. The Morgan fingerprint density at radius 3 is 2.39 bits per heavy atom. The van der Waals surface area contributed by atoms with E-state index in [4.69, 9.17) is 0 Å². The summed E-state index contributed by atoms with van der Waals surface area (Å²) in [6.07, 6.45) is 6.80. The molecule has 2 aliphatic rings. The molecular formula is C20H26N4O3S. The highest BCUT2D eigenvalue weighted by Gasteiger charge is 2.25. The van der Waals surface area contributed by atoms with Crippen molar-refractivity contribution in [2.24, 2.45) is 0 Å². The number of carbonyl (C=O) groups is 1. The fourth-order valence-corrected chi connectivity index (χ4v) is 4.98. The molecule has 7 nitrogen and oxygen atoms in total. The molecule has 3 heterocycles. The topological polar surface area (TPSA) is 85.5 Å². The number of likely N-dealkylation sites (tertiary alicyclic amines) is 1. The number of amides is 1. The number of hydrogen-bond donors (Lipinski definition) is 2. The maximum absolute atomic E-state index is 12.9. The van der Waals surface area contributed by atoms with Crippen molar-refractivity contribution >= 4 is 27.3 Å². The molecule has 1 aromatic carbocycles. The van der Waals surface area contributed by atoms with Gasteiger partial charge in [-0.2, -0.15) is 0 Å². The van der Waals surface area contributed by atoms with Crippen LogP contribution in [-0.4, -0.2) is 50.4 Å². The number of sulfonamides is 1. The molecule has 0 bridgehead atoms. The Hall–Kier alpha value is -2.48. The fraction of sp³-hybridized carbons (Fsp3) is 0.450. The SMILES string of the molecule is O=C(c1cc(S(=O)(=O)Nc2ccccc2N2CCCCC2)c[nH]1)N1CCCC1. The summed E-state index contributed by atoms with van der Waals surface area (Å²) in [7, 11) is -3.79. The molecule has 150 valence electrons. The molecule has 0 saturated carbocycles. The van der Waals surface area contributed by atoms with Gasteiger partial charge in [0.1, 0.15) is 10.6 Å². The molecule has 0 spiro atoms. The first-order chi connectivity index (χ1) is 13.5. The number of nitrogens with one attached hydrogen (secondary N) is 2. The van der Waals surface area contributed by atoms with Gasteiger partial charge in [-0.25, -0.2) is 8.42 Å². The second-order valence-electron chi connectivity index (χ2n) is 7.42. The minimum atomic E-state index is -3.79. The number of para-hydroxylation sites is 2. The van der Waals surface area contributed by atoms with E-state index in [1.54, 1.807) is 11.0 Å². The quantitative estimate of drug-likeness (QED) is 0.805. The van der Waals surface area contributed by atoms with E-state index >= 15 is 0 Å². The maximum atomic E-state index is 12.9. The zero-order chi connectivity index (χ0) is 19.6. The van der Waals surface area contributed by atoms with Crippen LogP contribution in [0.15, 0.2) is 41.4 Å². The predicted molar refractivity (Wildman–Crippen MR) is 109 cm³/mol. The Kier molecular flexibility index (Phi) is 5.30. The minimum absolute atomic E-state index is 0.0727. The predicted octanol–water partition coefficient (Wildman–Crippen LogP) is 3.04. The maximum Gasteiger partial charge on any atom is 0.270 e. The molecule has 2 saturated heterocycles. The molecule has 28 heavy (non-hydrogen) atoms. The van der Waals surface area contributed by atoms with Crippen LogP contribution in [0.3, 0.4) is 0 Å². The molecule has 4 rings (SSSR count). The number of rotatable bonds is 5. The standard InChI is InChI=1S/C20H26N4O3S/c25-20(24-12-6-7-13-24)18-14-16(15-21-18)28(26,27)22-17-8-2-3-9-19(17)23-10-4-1-5-11-23/h2-3,8-9,14-15,21-22H,1,4-7,10-13H2. The Morgan fingerprint density at radius 1 is 0.964 bits per heavy atom. The van der Waals surface area contributed by atoms with E-state index in [1.165, 1.54) is 18.7 Å². The summed E-state index contributed by atoms with van der Waals surface area (Å²) in [5.74, 6) is -0.146. The van der Waals surface area contributed by atoms with Crippen LogP contribution in [0.5, 0.6) is 0 Å². The van der Waals surface area contributed by atoms with Crippen molar-refractivity contribution in [1.82, 2.24) is 9.88 Å². The van der Waals surface area contributed by atoms with Gasteiger partial charge in [-0.3, -0.25) is 9.52 Å². The third-order valence-corrected chi connectivity index (χ3v) is 6.78. The largest absolute Gasteiger partial charge is 0.370 e. The molecule has 0 aliphatic carbocycles. The molecule has 2 aromatic rings. The number of nitrogens with zero attached hydrogens (tertiary/aromatic N) is 2. The van der Waals surface area contributed by atoms with Crippen LogP contribution in [0, 0.1) is 0 Å². The molecule has 2 fully saturated rings. The number of aromatic amines is 1. The van der Waals surface area contributed by atoms with E-state index in [0.29, 0.717) is 11.4 Å². The van der Waals surface area contributed by atoms with Crippen LogP contribution in [-0.2, 0) is 10.0 Å². The summed E-state index contributed by atoms with van der Waals surface area (Å²) < 4.78 is 28.5. The lowest BCUT2D eigenvalue weighted by molar-refractivity contribution is 0.0787. The molecule has 1 aromatic heterocycles. The lowest BCUT2D eigenvalue weighted by Crippen LogP contribution is -2.30. The van der Waals surface area contributed by atoms with Gasteiger partial charge in [0.2, 0.25) is 0 Å². The zero-order valence-corrected chi connectivity index (χ0v) is 16.7. The van der Waals surface area contributed by atoms with Crippen molar-refractivity contribution in [2.45, 2.75) is 37.0 Å². The van der Waals surface area contributed by atoms with E-state index in [0.717, 1.165) is 57.5 Å². The number of anilines is 2. The van der Waals surface area contributed by atoms with Crippen LogP contribution in [0.4, 0.5) is 11.4 Å². The van der Waals surface area contributed by atoms with Gasteiger partial charge < -0.3 is 14.8 Å². The summed E-state index contributed by atoms with van der Waals surface area (Å²) in [6.45, 7) is 3.30. The van der Waals surface area contributed by atoms with Gasteiger partial charge >= 0.3 is 0 Å². The third-order valence-electron chi connectivity index (χ3n) is 5.44. The van der Waals surface area contributed by atoms with Crippen molar-refractivity contribution in [3.63, 3.8) is 0 Å². The average Bonchev–Trinajstić information content (AvgIpc) is 3.41. The van der Waals surface area contributed by atoms with Gasteiger partial charge in [-0.1, -0.05) is 12.1 Å². The highest BCUT2D eigenvalue weighted by atomic mass is 32.2. The summed E-state index contributed by atoms with van der Waals surface area (Å²) in [6, 6.07) is 8.90. The molecule has 0 radical (unpaired) electrons. The number of benzene rings is 1. The average molecular weight is 403 g/mol. The van der Waals surface area contributed by atoms with Gasteiger partial charge in [0.15, 0.2) is 0 Å². The lowest BCUT2D eigenvalue weighted by atomic mass is 10.1. The third kappa shape index (κ3) is 3.87. The Balaban J connectivity index is 1.54.